The summed E-state index contributed by atoms with van der Waals surface area (Å²) in [6.45, 7) is 7.55. The second-order valence-corrected chi connectivity index (χ2v) is 4.66. The first-order valence-corrected chi connectivity index (χ1v) is 5.58. The van der Waals surface area contributed by atoms with E-state index in [2.05, 4.69) is 10.4 Å². The number of nitrogen functional groups attached to an aromatic ring is 1. The van der Waals surface area contributed by atoms with E-state index in [0.717, 1.165) is 0 Å². The lowest BCUT2D eigenvalue weighted by Crippen LogP contribution is -2.47. The van der Waals surface area contributed by atoms with Crippen LogP contribution in [-0.4, -0.2) is 32.9 Å². The molecule has 0 unspecified atom stereocenters. The summed E-state index contributed by atoms with van der Waals surface area (Å²) >= 11 is 0. The van der Waals surface area contributed by atoms with Gasteiger partial charge in [0.05, 0.1) is 23.5 Å². The van der Waals surface area contributed by atoms with Crippen molar-refractivity contribution in [3.63, 3.8) is 0 Å². The van der Waals surface area contributed by atoms with Crippen LogP contribution in [0.15, 0.2) is 0 Å². The van der Waals surface area contributed by atoms with Gasteiger partial charge in [0.15, 0.2) is 0 Å². The van der Waals surface area contributed by atoms with Gasteiger partial charge in [-0.25, -0.2) is 0 Å². The zero-order chi connectivity index (χ0) is 13.2. The number of nitrogens with zero attached hydrogens (tertiary/aromatic N) is 2. The van der Waals surface area contributed by atoms with Crippen LogP contribution in [0.2, 0.25) is 0 Å². The number of nitrogens with one attached hydrogen (secondary N) is 1. The molecule has 0 bridgehead atoms. The van der Waals surface area contributed by atoms with Crippen LogP contribution in [-0.2, 0) is 6.54 Å². The highest BCUT2D eigenvalue weighted by atomic mass is 16.3. The topological polar surface area (TPSA) is 93.2 Å². The van der Waals surface area contributed by atoms with Crippen LogP contribution < -0.4 is 11.1 Å². The normalized spacial score (nSPS) is 11.6. The van der Waals surface area contributed by atoms with Crippen LogP contribution in [0.5, 0.6) is 0 Å². The molecule has 0 saturated heterocycles. The van der Waals surface area contributed by atoms with E-state index < -0.39 is 5.54 Å². The van der Waals surface area contributed by atoms with Crippen molar-refractivity contribution in [2.75, 3.05) is 12.3 Å². The van der Waals surface area contributed by atoms with Crippen LogP contribution in [0, 0.1) is 6.92 Å². The Kier molecular flexibility index (Phi) is 3.77. The Morgan fingerprint density at radius 1 is 1.59 bits per heavy atom. The number of aryl methyl sites for hydroxylation is 2. The maximum atomic E-state index is 12.1. The monoisotopic (exact) mass is 240 g/mol. The Hall–Kier alpha value is -1.56. The standard InChI is InChI=1S/C11H20N4O2/c1-5-15-9(8(12)7(2)14-15)10(17)13-11(3,4)6-16/h16H,5-6,12H2,1-4H3,(H,13,17). The average Bonchev–Trinajstić information content (AvgIpc) is 2.54. The van der Waals surface area contributed by atoms with Crippen molar-refractivity contribution in [1.29, 1.82) is 0 Å². The number of hydrogen-bond acceptors (Lipinski definition) is 4. The van der Waals surface area contributed by atoms with Gasteiger partial charge < -0.3 is 16.2 Å². The van der Waals surface area contributed by atoms with Gasteiger partial charge in [0.25, 0.3) is 5.91 Å². The van der Waals surface area contributed by atoms with Gasteiger partial charge in [-0.1, -0.05) is 0 Å². The molecule has 0 fully saturated rings. The summed E-state index contributed by atoms with van der Waals surface area (Å²) in [7, 11) is 0. The Balaban J connectivity index is 3.04. The van der Waals surface area contributed by atoms with Gasteiger partial charge in [-0.05, 0) is 27.7 Å². The summed E-state index contributed by atoms with van der Waals surface area (Å²) < 4.78 is 1.56. The summed E-state index contributed by atoms with van der Waals surface area (Å²) in [6, 6.07) is 0. The second-order valence-electron chi connectivity index (χ2n) is 4.66. The number of aliphatic hydroxyl groups excluding tert-OH is 1. The van der Waals surface area contributed by atoms with Crippen molar-refractivity contribution >= 4 is 11.6 Å². The number of hydrogen-bond donors (Lipinski definition) is 3. The van der Waals surface area contributed by atoms with Crippen LogP contribution in [0.25, 0.3) is 0 Å². The summed E-state index contributed by atoms with van der Waals surface area (Å²) in [5, 5.41) is 16.0. The maximum absolute atomic E-state index is 12.1. The van der Waals surface area contributed by atoms with Crippen LogP contribution in [0.1, 0.15) is 37.0 Å². The lowest BCUT2D eigenvalue weighted by atomic mass is 10.1. The fourth-order valence-corrected chi connectivity index (χ4v) is 1.47. The van der Waals surface area contributed by atoms with E-state index in [4.69, 9.17) is 10.8 Å². The van der Waals surface area contributed by atoms with Crippen molar-refractivity contribution in [2.45, 2.75) is 39.8 Å². The number of aromatic nitrogens is 2. The van der Waals surface area contributed by atoms with Crippen molar-refractivity contribution in [3.05, 3.63) is 11.4 Å². The molecule has 1 rings (SSSR count). The average molecular weight is 240 g/mol. The zero-order valence-electron chi connectivity index (χ0n) is 10.7. The summed E-state index contributed by atoms with van der Waals surface area (Å²) in [4.78, 5) is 12.1. The highest BCUT2D eigenvalue weighted by molar-refractivity contribution is 5.98. The van der Waals surface area contributed by atoms with Gasteiger partial charge in [-0.2, -0.15) is 5.10 Å². The van der Waals surface area contributed by atoms with E-state index in [1.165, 1.54) is 0 Å². The first kappa shape index (κ1) is 13.5. The van der Waals surface area contributed by atoms with Crippen molar-refractivity contribution in [3.8, 4) is 0 Å². The zero-order valence-corrected chi connectivity index (χ0v) is 10.7. The quantitative estimate of drug-likeness (QED) is 0.705. The van der Waals surface area contributed by atoms with Gasteiger partial charge in [0.2, 0.25) is 0 Å². The van der Waals surface area contributed by atoms with Crippen LogP contribution >= 0.6 is 0 Å². The largest absolute Gasteiger partial charge is 0.395 e. The molecule has 0 aliphatic carbocycles. The molecule has 0 atom stereocenters. The number of anilines is 1. The molecular formula is C11H20N4O2. The molecular weight excluding hydrogens is 220 g/mol. The highest BCUT2D eigenvalue weighted by Gasteiger charge is 2.25. The minimum absolute atomic E-state index is 0.141. The number of rotatable bonds is 4. The molecule has 1 aromatic heterocycles. The van der Waals surface area contributed by atoms with Gasteiger partial charge in [0, 0.05) is 6.54 Å². The van der Waals surface area contributed by atoms with E-state index in [1.807, 2.05) is 6.92 Å². The van der Waals surface area contributed by atoms with E-state index >= 15 is 0 Å². The van der Waals surface area contributed by atoms with Crippen molar-refractivity contribution in [2.24, 2.45) is 0 Å². The van der Waals surface area contributed by atoms with Crippen molar-refractivity contribution in [1.82, 2.24) is 15.1 Å². The smallest absolute Gasteiger partial charge is 0.272 e. The molecule has 0 spiro atoms. The van der Waals surface area contributed by atoms with Gasteiger partial charge in [0.1, 0.15) is 5.69 Å². The fourth-order valence-electron chi connectivity index (χ4n) is 1.47. The highest BCUT2D eigenvalue weighted by Crippen LogP contribution is 2.17. The Morgan fingerprint density at radius 2 is 2.18 bits per heavy atom. The SMILES string of the molecule is CCn1nc(C)c(N)c1C(=O)NC(C)(C)CO. The van der Waals surface area contributed by atoms with Crippen LogP contribution in [0.3, 0.4) is 0 Å². The molecule has 96 valence electrons. The number of carbonyl (C=O) groups excluding carboxylic acids is 1. The molecule has 0 aromatic carbocycles. The van der Waals surface area contributed by atoms with Gasteiger partial charge in [-0.3, -0.25) is 9.48 Å². The molecule has 6 nitrogen and oxygen atoms in total. The van der Waals surface area contributed by atoms with E-state index in [-0.39, 0.29) is 12.5 Å². The maximum Gasteiger partial charge on any atom is 0.272 e. The van der Waals surface area contributed by atoms with E-state index in [0.29, 0.717) is 23.6 Å². The fraction of sp³-hybridized carbons (Fsp3) is 0.636. The van der Waals surface area contributed by atoms with E-state index in [1.54, 1.807) is 25.5 Å². The third-order valence-electron chi connectivity index (χ3n) is 2.54. The molecule has 0 aliphatic heterocycles. The molecule has 6 heteroatoms. The molecule has 0 saturated carbocycles. The van der Waals surface area contributed by atoms with Crippen LogP contribution in [0.4, 0.5) is 5.69 Å². The molecule has 1 heterocycles. The van der Waals surface area contributed by atoms with Gasteiger partial charge >= 0.3 is 0 Å². The summed E-state index contributed by atoms with van der Waals surface area (Å²) in [6.07, 6.45) is 0. The Bertz CT molecular complexity index is 423. The Labute approximate surface area is 101 Å². The summed E-state index contributed by atoms with van der Waals surface area (Å²) in [5.74, 6) is -0.316. The third kappa shape index (κ3) is 2.76. The molecule has 1 amide bonds. The third-order valence-corrected chi connectivity index (χ3v) is 2.54. The number of carbonyl (C=O) groups is 1. The minimum Gasteiger partial charge on any atom is -0.395 e. The predicted molar refractivity (Wildman–Crippen MR) is 65.7 cm³/mol. The first-order valence-electron chi connectivity index (χ1n) is 5.58. The van der Waals surface area contributed by atoms with Gasteiger partial charge in [-0.15, -0.1) is 0 Å². The minimum atomic E-state index is -0.680. The number of amides is 1. The predicted octanol–water partition coefficient (Wildman–Crippen LogP) is 0.294. The van der Waals surface area contributed by atoms with Crippen molar-refractivity contribution < 1.29 is 9.90 Å². The molecule has 17 heavy (non-hydrogen) atoms. The number of aliphatic hydroxyl groups is 1. The number of nitrogens with two attached hydrogens (primary N) is 1. The molecule has 1 aromatic rings. The molecule has 4 N–H and O–H groups in total. The molecule has 0 radical (unpaired) electrons. The lowest BCUT2D eigenvalue weighted by molar-refractivity contribution is 0.0859. The lowest BCUT2D eigenvalue weighted by Gasteiger charge is -2.23. The Morgan fingerprint density at radius 3 is 2.65 bits per heavy atom. The first-order chi connectivity index (χ1) is 7.82. The molecule has 0 aliphatic rings. The second kappa shape index (κ2) is 4.75. The van der Waals surface area contributed by atoms with E-state index in [9.17, 15) is 4.79 Å². The summed E-state index contributed by atoms with van der Waals surface area (Å²) in [5.41, 5.74) is 6.53.